The normalized spacial score (nSPS) is 16.4. The lowest BCUT2D eigenvalue weighted by atomic mass is 9.78. The predicted molar refractivity (Wildman–Crippen MR) is 188 cm³/mol. The topological polar surface area (TPSA) is 25.8 Å². The monoisotopic (exact) mass is 580 g/mol. The fraction of sp³-hybridized carbons (Fsp3) is 0.163. The van der Waals surface area contributed by atoms with Gasteiger partial charge in [0.15, 0.2) is 5.82 Å². The largest absolute Gasteiger partial charge is 0.228 e. The highest BCUT2D eigenvalue weighted by Gasteiger charge is 2.37. The van der Waals surface area contributed by atoms with Crippen LogP contribution in [0.4, 0.5) is 0 Å². The summed E-state index contributed by atoms with van der Waals surface area (Å²) < 4.78 is 0. The van der Waals surface area contributed by atoms with Crippen molar-refractivity contribution in [2.45, 2.75) is 44.9 Å². The molecule has 0 aliphatic heterocycles. The quantitative estimate of drug-likeness (QED) is 0.207. The molecule has 0 fully saturated rings. The van der Waals surface area contributed by atoms with Crippen molar-refractivity contribution in [2.24, 2.45) is 0 Å². The van der Waals surface area contributed by atoms with Gasteiger partial charge in [-0.05, 0) is 94.5 Å². The summed E-state index contributed by atoms with van der Waals surface area (Å²) in [7, 11) is 0. The molecule has 218 valence electrons. The second-order valence-corrected chi connectivity index (χ2v) is 12.8. The van der Waals surface area contributed by atoms with Crippen LogP contribution in [-0.4, -0.2) is 9.97 Å². The first-order chi connectivity index (χ1) is 22.0. The summed E-state index contributed by atoms with van der Waals surface area (Å²) >= 11 is 0. The van der Waals surface area contributed by atoms with Crippen molar-refractivity contribution >= 4 is 11.1 Å². The van der Waals surface area contributed by atoms with E-state index in [0.717, 1.165) is 65.2 Å². The minimum Gasteiger partial charge on any atom is -0.228 e. The highest BCUT2D eigenvalue weighted by atomic mass is 14.9. The molecule has 45 heavy (non-hydrogen) atoms. The maximum Gasteiger partial charge on any atom is 0.160 e. The molecule has 1 aromatic heterocycles. The van der Waals surface area contributed by atoms with E-state index in [1.165, 1.54) is 33.4 Å². The van der Waals surface area contributed by atoms with Gasteiger partial charge in [-0.1, -0.05) is 129 Å². The van der Waals surface area contributed by atoms with E-state index in [1.54, 1.807) is 5.57 Å². The van der Waals surface area contributed by atoms with Gasteiger partial charge < -0.3 is 0 Å². The third kappa shape index (κ3) is 5.01. The Bertz CT molecular complexity index is 2070. The van der Waals surface area contributed by atoms with E-state index >= 15 is 0 Å². The average molecular weight is 581 g/mol. The van der Waals surface area contributed by atoms with Gasteiger partial charge in [0.2, 0.25) is 0 Å². The summed E-state index contributed by atoms with van der Waals surface area (Å²) in [5.74, 6) is 0.745. The van der Waals surface area contributed by atoms with E-state index in [2.05, 4.69) is 141 Å². The molecule has 3 aliphatic carbocycles. The minimum absolute atomic E-state index is 0.0970. The Balaban J connectivity index is 1.17. The molecule has 0 spiro atoms. The van der Waals surface area contributed by atoms with Crippen molar-refractivity contribution in [1.82, 2.24) is 9.97 Å². The van der Waals surface area contributed by atoms with Crippen molar-refractivity contribution in [3.8, 4) is 44.9 Å². The first-order valence-electron chi connectivity index (χ1n) is 16.1. The third-order valence-electron chi connectivity index (χ3n) is 9.64. The van der Waals surface area contributed by atoms with Gasteiger partial charge in [0.05, 0.1) is 11.4 Å². The molecule has 0 bridgehead atoms. The molecule has 5 aromatic rings. The van der Waals surface area contributed by atoms with Crippen LogP contribution in [0, 0.1) is 0 Å². The number of benzene rings is 4. The van der Waals surface area contributed by atoms with Crippen LogP contribution in [0.3, 0.4) is 0 Å². The second-order valence-electron chi connectivity index (χ2n) is 12.8. The van der Waals surface area contributed by atoms with Crippen LogP contribution in [0.25, 0.3) is 56.0 Å². The van der Waals surface area contributed by atoms with Gasteiger partial charge in [-0.25, -0.2) is 9.97 Å². The van der Waals surface area contributed by atoms with E-state index < -0.39 is 0 Å². The van der Waals surface area contributed by atoms with E-state index in [9.17, 15) is 0 Å². The number of allylic oxidation sites excluding steroid dienone is 8. The number of hydrogen-bond acceptors (Lipinski definition) is 2. The van der Waals surface area contributed by atoms with E-state index in [0.29, 0.717) is 0 Å². The van der Waals surface area contributed by atoms with E-state index in [4.69, 9.17) is 9.97 Å². The summed E-state index contributed by atoms with van der Waals surface area (Å²) in [6, 6.07) is 37.2. The summed E-state index contributed by atoms with van der Waals surface area (Å²) in [5.41, 5.74) is 16.0. The Labute approximate surface area is 266 Å². The molecule has 8 rings (SSSR count). The zero-order valence-electron chi connectivity index (χ0n) is 25.9. The van der Waals surface area contributed by atoms with Gasteiger partial charge in [0, 0.05) is 16.5 Å². The summed E-state index contributed by atoms with van der Waals surface area (Å²) in [4.78, 5) is 10.2. The van der Waals surface area contributed by atoms with Crippen LogP contribution in [0.1, 0.15) is 56.4 Å². The molecular weight excluding hydrogens is 544 g/mol. The zero-order chi connectivity index (χ0) is 30.4. The number of nitrogens with zero attached hydrogens (tertiary/aromatic N) is 2. The van der Waals surface area contributed by atoms with Gasteiger partial charge in [-0.3, -0.25) is 0 Å². The molecule has 0 radical (unpaired) electrons. The molecule has 0 N–H and O–H groups in total. The Morgan fingerprint density at radius 3 is 1.98 bits per heavy atom. The Morgan fingerprint density at radius 1 is 0.556 bits per heavy atom. The molecule has 2 nitrogen and oxygen atoms in total. The fourth-order valence-corrected chi connectivity index (χ4v) is 7.22. The molecule has 3 aliphatic rings. The number of rotatable bonds is 5. The van der Waals surface area contributed by atoms with Crippen LogP contribution >= 0.6 is 0 Å². The van der Waals surface area contributed by atoms with Crippen LogP contribution in [-0.2, 0) is 5.41 Å². The Kier molecular flexibility index (Phi) is 6.79. The van der Waals surface area contributed by atoms with Gasteiger partial charge in [-0.15, -0.1) is 0 Å². The van der Waals surface area contributed by atoms with Crippen LogP contribution in [0.15, 0.2) is 139 Å². The Morgan fingerprint density at radius 2 is 1.22 bits per heavy atom. The van der Waals surface area contributed by atoms with E-state index in [1.807, 2.05) is 6.07 Å². The zero-order valence-corrected chi connectivity index (χ0v) is 25.9. The maximum absolute atomic E-state index is 5.09. The smallest absolute Gasteiger partial charge is 0.160 e. The lowest BCUT2D eigenvalue weighted by Crippen LogP contribution is -2.17. The van der Waals surface area contributed by atoms with Gasteiger partial charge in [0.25, 0.3) is 0 Å². The molecule has 0 atom stereocenters. The number of aromatic nitrogens is 2. The number of hydrogen-bond donors (Lipinski definition) is 0. The summed E-state index contributed by atoms with van der Waals surface area (Å²) in [6.07, 6.45) is 15.8. The molecule has 0 unspecified atom stereocenters. The SMILES string of the molecule is CC1(C)C2=C(C=CCC2)c2cc(-c3cccc(-c4cccc(-c5nc(C6=CCCC=C6)cc(-c6ccccc6)n5)c4)c3)ccc21. The first-order valence-corrected chi connectivity index (χ1v) is 16.1. The molecule has 0 saturated heterocycles. The molecule has 4 aromatic carbocycles. The van der Waals surface area contributed by atoms with Crippen LogP contribution in [0.2, 0.25) is 0 Å². The number of fused-ring (bicyclic) bond motifs is 2. The average Bonchev–Trinajstić information content (AvgIpc) is 3.34. The standard InChI is InChI=1S/C43H36N2/c1-43(2)38-22-10-9-21-36(38)37-27-34(23-24-39(37)43)32-18-11-17-31(25-32)33-19-12-20-35(26-33)42-44-40(29-13-5-3-6-14-29)28-41(45-42)30-15-7-4-8-16-30/h3,5-7,9,11-21,23-28H,4,8,10,22H2,1-2H3. The van der Waals surface area contributed by atoms with E-state index in [-0.39, 0.29) is 5.41 Å². The lowest BCUT2D eigenvalue weighted by molar-refractivity contribution is 0.607. The highest BCUT2D eigenvalue weighted by molar-refractivity contribution is 5.89. The Hall–Kier alpha value is -5.08. The predicted octanol–water partition coefficient (Wildman–Crippen LogP) is 11.3. The van der Waals surface area contributed by atoms with Crippen molar-refractivity contribution in [3.05, 3.63) is 156 Å². The van der Waals surface area contributed by atoms with Crippen molar-refractivity contribution in [2.75, 3.05) is 0 Å². The summed E-state index contributed by atoms with van der Waals surface area (Å²) in [6.45, 7) is 4.76. The van der Waals surface area contributed by atoms with Gasteiger partial charge in [0.1, 0.15) is 0 Å². The molecular formula is C43H36N2. The second kappa shape index (κ2) is 11.1. The van der Waals surface area contributed by atoms with Crippen LogP contribution in [0.5, 0.6) is 0 Å². The maximum atomic E-state index is 5.09. The summed E-state index contributed by atoms with van der Waals surface area (Å²) in [5, 5.41) is 0. The minimum atomic E-state index is 0.0970. The molecule has 1 heterocycles. The fourth-order valence-electron chi connectivity index (χ4n) is 7.22. The van der Waals surface area contributed by atoms with Crippen molar-refractivity contribution in [1.29, 1.82) is 0 Å². The lowest BCUT2D eigenvalue weighted by Gasteiger charge is -2.25. The molecule has 2 heteroatoms. The van der Waals surface area contributed by atoms with Gasteiger partial charge >= 0.3 is 0 Å². The van der Waals surface area contributed by atoms with Crippen molar-refractivity contribution in [3.63, 3.8) is 0 Å². The molecule has 0 saturated carbocycles. The molecule has 0 amide bonds. The van der Waals surface area contributed by atoms with Crippen molar-refractivity contribution < 1.29 is 0 Å². The van der Waals surface area contributed by atoms with Gasteiger partial charge in [-0.2, -0.15) is 0 Å². The first kappa shape index (κ1) is 27.5. The third-order valence-corrected chi connectivity index (χ3v) is 9.64. The van der Waals surface area contributed by atoms with Crippen LogP contribution < -0.4 is 0 Å². The highest BCUT2D eigenvalue weighted by Crippen LogP contribution is 2.50.